The molecular formula is C21H33ClO. The lowest BCUT2D eigenvalue weighted by Crippen LogP contribution is -1.83. The van der Waals surface area contributed by atoms with Crippen molar-refractivity contribution in [2.75, 3.05) is 0 Å². The van der Waals surface area contributed by atoms with Gasteiger partial charge in [0, 0.05) is 6.42 Å². The number of allylic oxidation sites excluding steroid dienone is 8. The van der Waals surface area contributed by atoms with Crippen molar-refractivity contribution in [3.8, 4) is 0 Å². The topological polar surface area (TPSA) is 17.1 Å². The molecule has 0 saturated carbocycles. The molecule has 0 spiro atoms. The first-order chi connectivity index (χ1) is 11.3. The maximum absolute atomic E-state index is 10.5. The predicted octanol–water partition coefficient (Wildman–Crippen LogP) is 7.29. The third-order valence-electron chi connectivity index (χ3n) is 3.45. The lowest BCUT2D eigenvalue weighted by molar-refractivity contribution is -0.111. The highest BCUT2D eigenvalue weighted by Crippen LogP contribution is 2.03. The molecule has 0 rings (SSSR count). The van der Waals surface area contributed by atoms with Gasteiger partial charge in [-0.25, -0.2) is 0 Å². The van der Waals surface area contributed by atoms with Crippen LogP contribution in [-0.4, -0.2) is 5.24 Å². The van der Waals surface area contributed by atoms with Gasteiger partial charge < -0.3 is 0 Å². The standard InChI is InChI=1S/C21H33ClO/c1-2-3-4-5-6-7-8-9-10-11-12-13-14-15-16-17-18-19-20-21(22)23/h7-8,10-11,13-14,16-17H,2-6,9,12,15,18-20H2,1H3/b8-7-,11-10-,14-13-,17-16-. The van der Waals surface area contributed by atoms with E-state index in [0.717, 1.165) is 32.1 Å². The van der Waals surface area contributed by atoms with Crippen LogP contribution in [-0.2, 0) is 4.79 Å². The molecule has 2 heteroatoms. The van der Waals surface area contributed by atoms with Crippen LogP contribution in [0.25, 0.3) is 0 Å². The fourth-order valence-electron chi connectivity index (χ4n) is 2.10. The van der Waals surface area contributed by atoms with Crippen LogP contribution in [0.2, 0.25) is 0 Å². The first kappa shape index (κ1) is 21.9. The second-order valence-corrected chi connectivity index (χ2v) is 6.11. The maximum atomic E-state index is 10.5. The molecule has 0 aromatic rings. The highest BCUT2D eigenvalue weighted by molar-refractivity contribution is 6.63. The SMILES string of the molecule is CCCCCC/C=C\C/C=C\C/C=C\C/C=C\CCCC(=O)Cl. The zero-order valence-electron chi connectivity index (χ0n) is 14.7. The smallest absolute Gasteiger partial charge is 0.221 e. The van der Waals surface area contributed by atoms with Crippen molar-refractivity contribution in [2.45, 2.75) is 77.6 Å². The van der Waals surface area contributed by atoms with E-state index in [9.17, 15) is 4.79 Å². The summed E-state index contributed by atoms with van der Waals surface area (Å²) in [5.41, 5.74) is 0. The molecular weight excluding hydrogens is 304 g/mol. The van der Waals surface area contributed by atoms with E-state index < -0.39 is 0 Å². The number of carbonyl (C=O) groups is 1. The average Bonchev–Trinajstić information content (AvgIpc) is 2.53. The van der Waals surface area contributed by atoms with Crippen LogP contribution in [0.5, 0.6) is 0 Å². The van der Waals surface area contributed by atoms with E-state index in [1.807, 2.05) is 0 Å². The van der Waals surface area contributed by atoms with Gasteiger partial charge >= 0.3 is 0 Å². The number of hydrogen-bond donors (Lipinski definition) is 0. The van der Waals surface area contributed by atoms with Crippen LogP contribution in [0.15, 0.2) is 48.6 Å². The van der Waals surface area contributed by atoms with Gasteiger partial charge in [-0.05, 0) is 56.5 Å². The van der Waals surface area contributed by atoms with Crippen LogP contribution in [0.3, 0.4) is 0 Å². The molecule has 0 bridgehead atoms. The Kier molecular flexibility index (Phi) is 18.1. The summed E-state index contributed by atoms with van der Waals surface area (Å²) < 4.78 is 0. The van der Waals surface area contributed by atoms with Crippen molar-refractivity contribution < 1.29 is 4.79 Å². The number of unbranched alkanes of at least 4 members (excludes halogenated alkanes) is 5. The molecule has 0 aromatic carbocycles. The van der Waals surface area contributed by atoms with Gasteiger partial charge in [-0.1, -0.05) is 74.8 Å². The Balaban J connectivity index is 3.39. The third-order valence-corrected chi connectivity index (χ3v) is 3.64. The molecule has 0 aliphatic heterocycles. The van der Waals surface area contributed by atoms with Gasteiger partial charge in [-0.15, -0.1) is 0 Å². The molecule has 0 N–H and O–H groups in total. The van der Waals surface area contributed by atoms with Gasteiger partial charge in [-0.3, -0.25) is 4.79 Å². The highest BCUT2D eigenvalue weighted by atomic mass is 35.5. The summed E-state index contributed by atoms with van der Waals surface area (Å²) in [4.78, 5) is 10.5. The molecule has 0 amide bonds. The molecule has 0 atom stereocenters. The lowest BCUT2D eigenvalue weighted by atomic mass is 10.1. The fourth-order valence-corrected chi connectivity index (χ4v) is 2.23. The van der Waals surface area contributed by atoms with E-state index in [1.54, 1.807) is 0 Å². The zero-order chi connectivity index (χ0) is 17.0. The highest BCUT2D eigenvalue weighted by Gasteiger charge is 1.92. The van der Waals surface area contributed by atoms with Gasteiger partial charge in [-0.2, -0.15) is 0 Å². The normalized spacial score (nSPS) is 12.4. The summed E-state index contributed by atoms with van der Waals surface area (Å²) in [6.07, 6.45) is 29.5. The van der Waals surface area contributed by atoms with E-state index in [0.29, 0.717) is 6.42 Å². The van der Waals surface area contributed by atoms with Crippen LogP contribution < -0.4 is 0 Å². The molecule has 23 heavy (non-hydrogen) atoms. The van der Waals surface area contributed by atoms with Crippen molar-refractivity contribution in [1.82, 2.24) is 0 Å². The van der Waals surface area contributed by atoms with Gasteiger partial charge in [0.05, 0.1) is 0 Å². The summed E-state index contributed by atoms with van der Waals surface area (Å²) in [6, 6.07) is 0. The molecule has 0 fully saturated rings. The van der Waals surface area contributed by atoms with E-state index in [4.69, 9.17) is 11.6 Å². The van der Waals surface area contributed by atoms with E-state index >= 15 is 0 Å². The van der Waals surface area contributed by atoms with Crippen molar-refractivity contribution in [1.29, 1.82) is 0 Å². The lowest BCUT2D eigenvalue weighted by Gasteiger charge is -1.93. The molecule has 1 nitrogen and oxygen atoms in total. The Labute approximate surface area is 148 Å². The number of hydrogen-bond acceptors (Lipinski definition) is 1. The number of halogens is 1. The Morgan fingerprint density at radius 1 is 0.696 bits per heavy atom. The van der Waals surface area contributed by atoms with E-state index in [-0.39, 0.29) is 5.24 Å². The number of rotatable bonds is 15. The summed E-state index contributed by atoms with van der Waals surface area (Å²) in [6.45, 7) is 2.25. The summed E-state index contributed by atoms with van der Waals surface area (Å²) in [5, 5.41) is -0.239. The minimum Gasteiger partial charge on any atom is -0.281 e. The number of carbonyl (C=O) groups excluding carboxylic acids is 1. The van der Waals surface area contributed by atoms with Crippen LogP contribution in [0.4, 0.5) is 0 Å². The van der Waals surface area contributed by atoms with Crippen molar-refractivity contribution in [3.05, 3.63) is 48.6 Å². The fraction of sp³-hybridized carbons (Fsp3) is 0.571. The molecule has 130 valence electrons. The van der Waals surface area contributed by atoms with Crippen molar-refractivity contribution in [2.24, 2.45) is 0 Å². The Bertz CT molecular complexity index is 377. The van der Waals surface area contributed by atoms with Gasteiger partial charge in [0.2, 0.25) is 5.24 Å². The first-order valence-corrected chi connectivity index (χ1v) is 9.43. The molecule has 0 aromatic heterocycles. The Morgan fingerprint density at radius 3 is 1.65 bits per heavy atom. The second kappa shape index (κ2) is 19.0. The second-order valence-electron chi connectivity index (χ2n) is 5.69. The van der Waals surface area contributed by atoms with Gasteiger partial charge in [0.25, 0.3) is 0 Å². The van der Waals surface area contributed by atoms with Crippen LogP contribution in [0.1, 0.15) is 77.6 Å². The Hall–Kier alpha value is -1.08. The van der Waals surface area contributed by atoms with Crippen LogP contribution in [0, 0.1) is 0 Å². The predicted molar refractivity (Wildman–Crippen MR) is 104 cm³/mol. The monoisotopic (exact) mass is 336 g/mol. The summed E-state index contributed by atoms with van der Waals surface area (Å²) >= 11 is 5.27. The minimum atomic E-state index is -0.239. The average molecular weight is 337 g/mol. The Morgan fingerprint density at radius 2 is 1.17 bits per heavy atom. The molecule has 0 aliphatic carbocycles. The summed E-state index contributed by atoms with van der Waals surface area (Å²) in [5.74, 6) is 0. The minimum absolute atomic E-state index is 0.239. The molecule has 0 aliphatic rings. The maximum Gasteiger partial charge on any atom is 0.221 e. The molecule has 0 radical (unpaired) electrons. The van der Waals surface area contributed by atoms with Gasteiger partial charge in [0.1, 0.15) is 0 Å². The quantitative estimate of drug-likeness (QED) is 0.174. The van der Waals surface area contributed by atoms with Gasteiger partial charge in [0.15, 0.2) is 0 Å². The van der Waals surface area contributed by atoms with Crippen LogP contribution >= 0.6 is 11.6 Å². The third kappa shape index (κ3) is 20.9. The molecule has 0 saturated heterocycles. The summed E-state index contributed by atoms with van der Waals surface area (Å²) in [7, 11) is 0. The zero-order valence-corrected chi connectivity index (χ0v) is 15.4. The first-order valence-electron chi connectivity index (χ1n) is 9.05. The largest absolute Gasteiger partial charge is 0.281 e. The van der Waals surface area contributed by atoms with Crippen molar-refractivity contribution in [3.63, 3.8) is 0 Å². The van der Waals surface area contributed by atoms with E-state index in [2.05, 4.69) is 55.5 Å². The molecule has 0 unspecified atom stereocenters. The van der Waals surface area contributed by atoms with E-state index in [1.165, 1.54) is 32.1 Å². The molecule has 0 heterocycles. The van der Waals surface area contributed by atoms with Crippen molar-refractivity contribution >= 4 is 16.8 Å².